The number of hydrogen-bond donors (Lipinski definition) is 0. The highest BCUT2D eigenvalue weighted by Crippen LogP contribution is 2.47. The summed E-state index contributed by atoms with van der Waals surface area (Å²) < 4.78 is 68.4. The number of pyridine rings is 1. The predicted octanol–water partition coefficient (Wildman–Crippen LogP) is 4.36. The molecule has 1 spiro atoms. The van der Waals surface area contributed by atoms with E-state index in [2.05, 4.69) is 10.1 Å². The zero-order chi connectivity index (χ0) is 25.9. The molecule has 12 heteroatoms. The Labute approximate surface area is 209 Å². The van der Waals surface area contributed by atoms with Crippen LogP contribution in [-0.4, -0.2) is 56.9 Å². The number of rotatable bonds is 3. The third-order valence-electron chi connectivity index (χ3n) is 7.59. The summed E-state index contributed by atoms with van der Waals surface area (Å²) in [5.74, 6) is -0.822. The first-order valence-corrected chi connectivity index (χ1v) is 12.0. The smallest absolute Gasteiger partial charge is 0.356 e. The van der Waals surface area contributed by atoms with Gasteiger partial charge in [0.15, 0.2) is 5.82 Å². The number of piperidine rings is 1. The summed E-state index contributed by atoms with van der Waals surface area (Å²) in [6.07, 6.45) is -1.82. The van der Waals surface area contributed by atoms with Crippen LogP contribution in [0.3, 0.4) is 0 Å². The molecule has 1 atom stereocenters. The quantitative estimate of drug-likeness (QED) is 0.483. The molecule has 0 saturated carbocycles. The number of carbonyl (C=O) groups is 1. The lowest BCUT2D eigenvalue weighted by Gasteiger charge is -2.38. The first-order chi connectivity index (χ1) is 17.6. The molecule has 0 aliphatic carbocycles. The van der Waals surface area contributed by atoms with Gasteiger partial charge in [-0.1, -0.05) is 6.07 Å². The van der Waals surface area contributed by atoms with Crippen molar-refractivity contribution in [1.29, 1.82) is 0 Å². The molecule has 2 aromatic heterocycles. The average molecular weight is 518 g/mol. The fourth-order valence-corrected chi connectivity index (χ4v) is 5.80. The van der Waals surface area contributed by atoms with Gasteiger partial charge in [-0.25, -0.2) is 23.5 Å². The summed E-state index contributed by atoms with van der Waals surface area (Å²) in [7, 11) is 0. The molecule has 37 heavy (non-hydrogen) atoms. The molecule has 3 aromatic rings. The van der Waals surface area contributed by atoms with E-state index in [0.717, 1.165) is 23.0 Å². The number of anilines is 1. The molecule has 5 heterocycles. The third-order valence-corrected chi connectivity index (χ3v) is 7.59. The normalized spacial score (nSPS) is 21.8. The highest BCUT2D eigenvalue weighted by molar-refractivity contribution is 5.85. The van der Waals surface area contributed by atoms with Crippen molar-refractivity contribution < 1.29 is 26.7 Å². The molecule has 3 aliphatic rings. The van der Waals surface area contributed by atoms with Gasteiger partial charge in [0.25, 0.3) is 0 Å². The molecule has 0 radical (unpaired) electrons. The first-order valence-electron chi connectivity index (χ1n) is 12.0. The maximum absolute atomic E-state index is 13.8. The van der Waals surface area contributed by atoms with Gasteiger partial charge in [0, 0.05) is 32.2 Å². The Balaban J connectivity index is 1.19. The number of aromatic nitrogens is 3. The van der Waals surface area contributed by atoms with E-state index in [-0.39, 0.29) is 11.7 Å². The number of alkyl halides is 3. The fourth-order valence-electron chi connectivity index (χ4n) is 5.80. The topological polar surface area (TPSA) is 57.5 Å². The molecule has 0 unspecified atom stereocenters. The number of hydrogen-bond acceptors (Lipinski definition) is 5. The number of fused-ring (bicyclic) bond motifs is 1. The van der Waals surface area contributed by atoms with Gasteiger partial charge >= 0.3 is 6.18 Å². The van der Waals surface area contributed by atoms with Gasteiger partial charge in [-0.05, 0) is 55.2 Å². The number of hydrazine groups is 1. The molecule has 7 nitrogen and oxygen atoms in total. The predicted molar refractivity (Wildman–Crippen MR) is 122 cm³/mol. The molecule has 1 amide bonds. The third kappa shape index (κ3) is 4.03. The van der Waals surface area contributed by atoms with Gasteiger partial charge in [0.2, 0.25) is 5.91 Å². The van der Waals surface area contributed by atoms with Gasteiger partial charge in [0.1, 0.15) is 23.1 Å². The van der Waals surface area contributed by atoms with E-state index < -0.39 is 35.0 Å². The van der Waals surface area contributed by atoms with Crippen molar-refractivity contribution in [2.75, 3.05) is 31.1 Å². The molecule has 3 saturated heterocycles. The summed E-state index contributed by atoms with van der Waals surface area (Å²) in [6, 6.07) is 8.69. The molecule has 0 bridgehead atoms. The Morgan fingerprint density at radius 3 is 2.35 bits per heavy atom. The standard InChI is InChI=1S/C25H23F5N6O/c26-17-12-16(13-18(27)14-17)19-5-9-34-15-24(23(37)36(19)34)6-10-33(11-7-24)21-2-1-3-22(32-21)35-20(4-8-31-35)25(28,29)30/h1-4,8,12-14,19H,5-7,9-11,15H2/t19-/m0/s1. The van der Waals surface area contributed by atoms with Crippen LogP contribution in [0.25, 0.3) is 5.82 Å². The molecule has 6 rings (SSSR count). The van der Waals surface area contributed by atoms with Crippen LogP contribution in [0, 0.1) is 17.0 Å². The van der Waals surface area contributed by atoms with Crippen LogP contribution in [0.1, 0.15) is 36.6 Å². The van der Waals surface area contributed by atoms with E-state index >= 15 is 0 Å². The summed E-state index contributed by atoms with van der Waals surface area (Å²) in [4.78, 5) is 20.0. The van der Waals surface area contributed by atoms with Gasteiger partial charge in [-0.2, -0.15) is 18.3 Å². The lowest BCUT2D eigenvalue weighted by molar-refractivity contribution is -0.144. The Morgan fingerprint density at radius 1 is 0.946 bits per heavy atom. The lowest BCUT2D eigenvalue weighted by atomic mass is 9.77. The Morgan fingerprint density at radius 2 is 1.65 bits per heavy atom. The average Bonchev–Trinajstić information content (AvgIpc) is 3.56. The van der Waals surface area contributed by atoms with Crippen molar-refractivity contribution in [2.24, 2.45) is 5.41 Å². The van der Waals surface area contributed by atoms with Crippen LogP contribution >= 0.6 is 0 Å². The second-order valence-corrected chi connectivity index (χ2v) is 9.79. The molecule has 0 N–H and O–H groups in total. The number of carbonyl (C=O) groups excluding carboxylic acids is 1. The maximum atomic E-state index is 13.8. The van der Waals surface area contributed by atoms with E-state index in [1.54, 1.807) is 17.1 Å². The number of nitrogens with zero attached hydrogens (tertiary/aromatic N) is 6. The van der Waals surface area contributed by atoms with Crippen molar-refractivity contribution in [3.05, 3.63) is 71.6 Å². The van der Waals surface area contributed by atoms with Crippen molar-refractivity contribution >= 4 is 11.7 Å². The molecular formula is C25H23F5N6O. The van der Waals surface area contributed by atoms with Crippen molar-refractivity contribution in [2.45, 2.75) is 31.5 Å². The second kappa shape index (κ2) is 8.51. The number of halogens is 5. The highest BCUT2D eigenvalue weighted by atomic mass is 19.4. The minimum absolute atomic E-state index is 0.0487. The zero-order valence-electron chi connectivity index (χ0n) is 19.6. The number of amides is 1. The largest absolute Gasteiger partial charge is 0.433 e. The van der Waals surface area contributed by atoms with Crippen LogP contribution in [0.4, 0.5) is 27.8 Å². The van der Waals surface area contributed by atoms with E-state index in [1.165, 1.54) is 18.2 Å². The summed E-state index contributed by atoms with van der Waals surface area (Å²) in [5, 5.41) is 7.43. The number of benzene rings is 1. The van der Waals surface area contributed by atoms with Crippen LogP contribution in [0.15, 0.2) is 48.7 Å². The Kier molecular flexibility index (Phi) is 5.48. The highest BCUT2D eigenvalue weighted by Gasteiger charge is 2.56. The van der Waals surface area contributed by atoms with E-state index in [0.29, 0.717) is 56.8 Å². The fraction of sp³-hybridized carbons (Fsp3) is 0.400. The van der Waals surface area contributed by atoms with Gasteiger partial charge in [-0.3, -0.25) is 9.80 Å². The van der Waals surface area contributed by atoms with Crippen LogP contribution < -0.4 is 4.90 Å². The Hall–Kier alpha value is -3.54. The maximum Gasteiger partial charge on any atom is 0.433 e. The zero-order valence-corrected chi connectivity index (χ0v) is 19.6. The van der Waals surface area contributed by atoms with E-state index in [4.69, 9.17) is 0 Å². The second-order valence-electron chi connectivity index (χ2n) is 9.79. The monoisotopic (exact) mass is 518 g/mol. The summed E-state index contributed by atoms with van der Waals surface area (Å²) in [5.41, 5.74) is -1.08. The minimum atomic E-state index is -4.56. The van der Waals surface area contributed by atoms with Crippen LogP contribution in [0.5, 0.6) is 0 Å². The van der Waals surface area contributed by atoms with Gasteiger partial charge in [-0.15, -0.1) is 0 Å². The van der Waals surface area contributed by atoms with Crippen LogP contribution in [0.2, 0.25) is 0 Å². The molecular weight excluding hydrogens is 495 g/mol. The van der Waals surface area contributed by atoms with Crippen molar-refractivity contribution in [3.63, 3.8) is 0 Å². The minimum Gasteiger partial charge on any atom is -0.356 e. The molecule has 1 aromatic carbocycles. The molecule has 3 fully saturated rings. The van der Waals surface area contributed by atoms with Gasteiger partial charge in [0.05, 0.1) is 17.7 Å². The summed E-state index contributed by atoms with van der Waals surface area (Å²) in [6.45, 7) is 2.14. The van der Waals surface area contributed by atoms with E-state index in [9.17, 15) is 26.7 Å². The van der Waals surface area contributed by atoms with Crippen molar-refractivity contribution in [1.82, 2.24) is 24.8 Å². The van der Waals surface area contributed by atoms with E-state index in [1.807, 2.05) is 9.91 Å². The molecule has 3 aliphatic heterocycles. The van der Waals surface area contributed by atoms with Gasteiger partial charge < -0.3 is 4.90 Å². The molecule has 194 valence electrons. The summed E-state index contributed by atoms with van der Waals surface area (Å²) >= 11 is 0. The van der Waals surface area contributed by atoms with Crippen molar-refractivity contribution in [3.8, 4) is 5.82 Å². The Bertz CT molecular complexity index is 1330. The lowest BCUT2D eigenvalue weighted by Crippen LogP contribution is -2.46. The SMILES string of the molecule is O=C1N2[C@H](c3cc(F)cc(F)c3)CCN2CC12CCN(c1cccc(-n3nccc3C(F)(F)F)n1)CC2. The first kappa shape index (κ1) is 23.8. The van der Waals surface area contributed by atoms with Crippen LogP contribution in [-0.2, 0) is 11.0 Å².